The molecule has 0 N–H and O–H groups in total. The maximum atomic E-state index is 11.7. The molecule has 96 valence electrons. The molecular formula is C15H18ClNO. The Morgan fingerprint density at radius 2 is 2.11 bits per heavy atom. The van der Waals surface area contributed by atoms with Gasteiger partial charge in [0.1, 0.15) is 5.88 Å². The Bertz CT molecular complexity index is 441. The fourth-order valence-corrected chi connectivity index (χ4v) is 2.67. The second-order valence-corrected chi connectivity index (χ2v) is 4.88. The van der Waals surface area contributed by atoms with Crippen molar-refractivity contribution in [3.63, 3.8) is 0 Å². The summed E-state index contributed by atoms with van der Waals surface area (Å²) in [6.07, 6.45) is 5.48. The quantitative estimate of drug-likeness (QED) is 0.764. The number of nitrogens with zero attached hydrogens (tertiary/aromatic N) is 1. The number of carbonyl (C=O) groups excluding carboxylic acids is 1. The van der Waals surface area contributed by atoms with Crippen molar-refractivity contribution in [2.24, 2.45) is 0 Å². The van der Waals surface area contributed by atoms with Crippen LogP contribution in [-0.2, 0) is 4.79 Å². The van der Waals surface area contributed by atoms with Gasteiger partial charge in [0.05, 0.1) is 0 Å². The van der Waals surface area contributed by atoms with Crippen molar-refractivity contribution in [1.29, 1.82) is 0 Å². The van der Waals surface area contributed by atoms with E-state index in [4.69, 9.17) is 11.6 Å². The first-order valence-corrected chi connectivity index (χ1v) is 6.85. The third-order valence-corrected chi connectivity index (χ3v) is 3.71. The first kappa shape index (κ1) is 13.2. The normalized spacial score (nSPS) is 19.2. The summed E-state index contributed by atoms with van der Waals surface area (Å²) in [7, 11) is 1.82. The molecule has 0 saturated heterocycles. The molecular weight excluding hydrogens is 246 g/mol. The molecule has 0 spiro atoms. The van der Waals surface area contributed by atoms with Crippen molar-refractivity contribution in [1.82, 2.24) is 4.90 Å². The number of hydrogen-bond donors (Lipinski definition) is 0. The van der Waals surface area contributed by atoms with Gasteiger partial charge in [-0.05, 0) is 24.8 Å². The Labute approximate surface area is 113 Å². The second kappa shape index (κ2) is 6.05. The van der Waals surface area contributed by atoms with E-state index < -0.39 is 0 Å². The summed E-state index contributed by atoms with van der Waals surface area (Å²) in [5.41, 5.74) is 2.37. The van der Waals surface area contributed by atoms with Crippen molar-refractivity contribution in [2.45, 2.75) is 25.2 Å². The van der Waals surface area contributed by atoms with Gasteiger partial charge in [-0.3, -0.25) is 4.79 Å². The molecule has 1 unspecified atom stereocenters. The zero-order valence-electron chi connectivity index (χ0n) is 10.6. The lowest BCUT2D eigenvalue weighted by molar-refractivity contribution is -0.125. The molecule has 0 aromatic heterocycles. The van der Waals surface area contributed by atoms with Crippen LogP contribution in [0.5, 0.6) is 0 Å². The lowest BCUT2D eigenvalue weighted by atomic mass is 9.85. The maximum absolute atomic E-state index is 11.7. The van der Waals surface area contributed by atoms with Crippen LogP contribution >= 0.6 is 11.6 Å². The van der Waals surface area contributed by atoms with Gasteiger partial charge < -0.3 is 4.90 Å². The summed E-state index contributed by atoms with van der Waals surface area (Å²) in [6.45, 7) is 0. The highest BCUT2D eigenvalue weighted by Gasteiger charge is 2.24. The number of rotatable bonds is 3. The van der Waals surface area contributed by atoms with Gasteiger partial charge in [0.2, 0.25) is 5.91 Å². The zero-order valence-corrected chi connectivity index (χ0v) is 11.4. The van der Waals surface area contributed by atoms with E-state index >= 15 is 0 Å². The minimum absolute atomic E-state index is 0.0363. The first-order valence-electron chi connectivity index (χ1n) is 6.31. The molecule has 0 bridgehead atoms. The van der Waals surface area contributed by atoms with E-state index in [-0.39, 0.29) is 11.8 Å². The Hall–Kier alpha value is -1.28. The summed E-state index contributed by atoms with van der Waals surface area (Å²) >= 11 is 5.64. The highest BCUT2D eigenvalue weighted by Crippen LogP contribution is 2.35. The Morgan fingerprint density at radius 3 is 2.78 bits per heavy atom. The molecule has 0 radical (unpaired) electrons. The monoisotopic (exact) mass is 263 g/mol. The lowest BCUT2D eigenvalue weighted by Crippen LogP contribution is -2.31. The number of hydrogen-bond acceptors (Lipinski definition) is 1. The topological polar surface area (TPSA) is 20.3 Å². The van der Waals surface area contributed by atoms with Gasteiger partial charge in [-0.25, -0.2) is 0 Å². The Morgan fingerprint density at radius 1 is 1.39 bits per heavy atom. The van der Waals surface area contributed by atoms with Crippen molar-refractivity contribution < 1.29 is 4.79 Å². The van der Waals surface area contributed by atoms with Gasteiger partial charge in [0.15, 0.2) is 0 Å². The molecule has 0 fully saturated rings. The molecule has 2 nitrogen and oxygen atoms in total. The van der Waals surface area contributed by atoms with Crippen LogP contribution in [0.1, 0.15) is 30.7 Å². The van der Waals surface area contributed by atoms with Crippen LogP contribution in [0, 0.1) is 0 Å². The van der Waals surface area contributed by atoms with Gasteiger partial charge in [0.25, 0.3) is 0 Å². The van der Waals surface area contributed by atoms with Crippen LogP contribution in [0.4, 0.5) is 0 Å². The molecule has 0 saturated carbocycles. The highest BCUT2D eigenvalue weighted by atomic mass is 35.5. The summed E-state index contributed by atoms with van der Waals surface area (Å²) in [5.74, 6) is 0.317. The maximum Gasteiger partial charge on any atom is 0.241 e. The highest BCUT2D eigenvalue weighted by molar-refractivity contribution is 6.27. The second-order valence-electron chi connectivity index (χ2n) is 4.61. The number of alkyl halides is 1. The average molecular weight is 264 g/mol. The van der Waals surface area contributed by atoms with Crippen LogP contribution in [0.15, 0.2) is 42.1 Å². The molecule has 1 aromatic carbocycles. The summed E-state index contributed by atoms with van der Waals surface area (Å²) in [6, 6.07) is 10.4. The van der Waals surface area contributed by atoms with Gasteiger partial charge in [-0.1, -0.05) is 36.4 Å². The van der Waals surface area contributed by atoms with Crippen molar-refractivity contribution in [2.75, 3.05) is 12.9 Å². The van der Waals surface area contributed by atoms with Crippen molar-refractivity contribution in [3.8, 4) is 0 Å². The van der Waals surface area contributed by atoms with Crippen molar-refractivity contribution in [3.05, 3.63) is 47.7 Å². The minimum Gasteiger partial charge on any atom is -0.318 e. The average Bonchev–Trinajstić information content (AvgIpc) is 2.46. The summed E-state index contributed by atoms with van der Waals surface area (Å²) < 4.78 is 0. The molecule has 1 atom stereocenters. The predicted octanol–water partition coefficient (Wildman–Crippen LogP) is 3.54. The largest absolute Gasteiger partial charge is 0.318 e. The third kappa shape index (κ3) is 2.75. The van der Waals surface area contributed by atoms with Crippen LogP contribution in [0.25, 0.3) is 0 Å². The molecule has 3 heteroatoms. The van der Waals surface area contributed by atoms with E-state index in [0.717, 1.165) is 18.5 Å². The minimum atomic E-state index is -0.0363. The molecule has 1 amide bonds. The van der Waals surface area contributed by atoms with Crippen LogP contribution in [0.3, 0.4) is 0 Å². The number of benzene rings is 1. The van der Waals surface area contributed by atoms with Crippen LogP contribution < -0.4 is 0 Å². The van der Waals surface area contributed by atoms with E-state index in [1.165, 1.54) is 12.0 Å². The lowest BCUT2D eigenvalue weighted by Gasteiger charge is -2.31. The van der Waals surface area contributed by atoms with E-state index in [1.807, 2.05) is 25.2 Å². The molecule has 1 aliphatic rings. The smallest absolute Gasteiger partial charge is 0.241 e. The predicted molar refractivity (Wildman–Crippen MR) is 74.6 cm³/mol. The van der Waals surface area contributed by atoms with E-state index in [0.29, 0.717) is 5.92 Å². The fraction of sp³-hybridized carbons (Fsp3) is 0.400. The number of amides is 1. The van der Waals surface area contributed by atoms with Crippen LogP contribution in [0.2, 0.25) is 0 Å². The number of carbonyl (C=O) groups is 1. The van der Waals surface area contributed by atoms with E-state index in [2.05, 4.69) is 18.2 Å². The number of allylic oxidation sites excluding steroid dienone is 2. The third-order valence-electron chi connectivity index (χ3n) is 3.49. The summed E-state index contributed by atoms with van der Waals surface area (Å²) in [4.78, 5) is 13.5. The Balaban J connectivity index is 2.26. The zero-order chi connectivity index (χ0) is 13.0. The molecule has 18 heavy (non-hydrogen) atoms. The first-order chi connectivity index (χ1) is 8.74. The number of likely N-dealkylation sites (N-methyl/N-ethyl adjacent to an activating group) is 1. The fourth-order valence-electron chi connectivity index (χ4n) is 2.49. The summed E-state index contributed by atoms with van der Waals surface area (Å²) in [5, 5.41) is 0. The van der Waals surface area contributed by atoms with Gasteiger partial charge >= 0.3 is 0 Å². The Kier molecular flexibility index (Phi) is 4.43. The van der Waals surface area contributed by atoms with E-state index in [9.17, 15) is 4.79 Å². The van der Waals surface area contributed by atoms with Gasteiger partial charge in [-0.15, -0.1) is 11.6 Å². The molecule has 0 heterocycles. The molecule has 0 aliphatic heterocycles. The van der Waals surface area contributed by atoms with Crippen molar-refractivity contribution >= 4 is 17.5 Å². The van der Waals surface area contributed by atoms with E-state index in [1.54, 1.807) is 4.90 Å². The number of halogens is 1. The van der Waals surface area contributed by atoms with Gasteiger partial charge in [-0.2, -0.15) is 0 Å². The molecule has 1 aliphatic carbocycles. The standard InChI is InChI=1S/C15H18ClNO/c1-17(15(18)11-16)14-10-6-5-9-13(14)12-7-3-2-4-8-12/h2-4,7-8,10,13H,5-6,9,11H2,1H3. The molecule has 1 aromatic rings. The van der Waals surface area contributed by atoms with Gasteiger partial charge in [0, 0.05) is 18.7 Å². The SMILES string of the molecule is CN(C(=O)CCl)C1=CCCCC1c1ccccc1. The molecule has 2 rings (SSSR count). The van der Waals surface area contributed by atoms with Crippen LogP contribution in [-0.4, -0.2) is 23.7 Å².